The van der Waals surface area contributed by atoms with Gasteiger partial charge in [0.1, 0.15) is 0 Å². The molecule has 16 heavy (non-hydrogen) atoms. The predicted molar refractivity (Wildman–Crippen MR) is 70.8 cm³/mol. The first-order chi connectivity index (χ1) is 7.72. The summed E-state index contributed by atoms with van der Waals surface area (Å²) in [7, 11) is 0. The van der Waals surface area contributed by atoms with E-state index in [0.29, 0.717) is 6.10 Å². The zero-order chi connectivity index (χ0) is 11.9. The molecule has 0 spiro atoms. The lowest BCUT2D eigenvalue weighted by Crippen LogP contribution is -2.35. The smallest absolute Gasteiger partial charge is 0.0683 e. The second kappa shape index (κ2) is 7.32. The number of ether oxygens (including phenoxy) is 1. The summed E-state index contributed by atoms with van der Waals surface area (Å²) in [5.41, 5.74) is 0.208. The van der Waals surface area contributed by atoms with Crippen LogP contribution < -0.4 is 0 Å². The molecule has 0 radical (unpaired) electrons. The van der Waals surface area contributed by atoms with Crippen molar-refractivity contribution in [3.63, 3.8) is 0 Å². The van der Waals surface area contributed by atoms with Crippen molar-refractivity contribution in [2.75, 3.05) is 0 Å². The number of rotatable bonds is 4. The lowest BCUT2D eigenvalue weighted by atomic mass is 9.88. The van der Waals surface area contributed by atoms with Gasteiger partial charge in [-0.05, 0) is 32.6 Å². The fourth-order valence-corrected chi connectivity index (χ4v) is 2.90. The zero-order valence-electron chi connectivity index (χ0n) is 11.6. The summed E-state index contributed by atoms with van der Waals surface area (Å²) in [6.45, 7) is 6.85. The number of hydrogen-bond donors (Lipinski definition) is 0. The van der Waals surface area contributed by atoms with Crippen LogP contribution in [0.5, 0.6) is 0 Å². The summed E-state index contributed by atoms with van der Waals surface area (Å²) in [4.78, 5) is 0. The minimum absolute atomic E-state index is 0.208. The maximum atomic E-state index is 6.41. The van der Waals surface area contributed by atoms with E-state index in [9.17, 15) is 0 Å². The van der Waals surface area contributed by atoms with Crippen molar-refractivity contribution in [2.45, 2.75) is 96.7 Å². The third-order valence-corrected chi connectivity index (χ3v) is 4.07. The lowest BCUT2D eigenvalue weighted by molar-refractivity contribution is -0.102. The van der Waals surface area contributed by atoms with E-state index in [1.54, 1.807) is 0 Å². The molecule has 0 aromatic carbocycles. The van der Waals surface area contributed by atoms with E-state index in [2.05, 4.69) is 20.8 Å². The van der Waals surface area contributed by atoms with E-state index in [4.69, 9.17) is 4.74 Å². The third kappa shape index (κ3) is 4.45. The predicted octanol–water partition coefficient (Wildman–Crippen LogP) is 5.08. The van der Waals surface area contributed by atoms with Crippen LogP contribution in [0.2, 0.25) is 0 Å². The average Bonchev–Trinajstić information content (AvgIpc) is 2.38. The second-order valence-electron chi connectivity index (χ2n) is 5.52. The summed E-state index contributed by atoms with van der Waals surface area (Å²) >= 11 is 0. The molecule has 1 saturated heterocycles. The largest absolute Gasteiger partial charge is 0.372 e. The number of unbranched alkanes of at least 4 members (excludes halogenated alkanes) is 1. The van der Waals surface area contributed by atoms with Gasteiger partial charge >= 0.3 is 0 Å². The van der Waals surface area contributed by atoms with Crippen LogP contribution in [0.4, 0.5) is 0 Å². The first-order valence-electron chi connectivity index (χ1n) is 7.40. The van der Waals surface area contributed by atoms with Crippen LogP contribution in [0.3, 0.4) is 0 Å². The van der Waals surface area contributed by atoms with Crippen LogP contribution in [-0.2, 0) is 4.74 Å². The zero-order valence-corrected chi connectivity index (χ0v) is 11.6. The van der Waals surface area contributed by atoms with Crippen LogP contribution in [-0.4, -0.2) is 11.7 Å². The highest BCUT2D eigenvalue weighted by atomic mass is 16.5. The maximum Gasteiger partial charge on any atom is 0.0683 e. The molecule has 1 rings (SSSR count). The summed E-state index contributed by atoms with van der Waals surface area (Å²) < 4.78 is 6.41. The molecule has 1 nitrogen and oxygen atoms in total. The van der Waals surface area contributed by atoms with Crippen LogP contribution in [0, 0.1) is 0 Å². The highest BCUT2D eigenvalue weighted by Gasteiger charge is 2.30. The molecule has 2 atom stereocenters. The van der Waals surface area contributed by atoms with Crippen molar-refractivity contribution >= 4 is 0 Å². The monoisotopic (exact) mass is 226 g/mol. The van der Waals surface area contributed by atoms with Crippen molar-refractivity contribution in [2.24, 2.45) is 0 Å². The normalized spacial score (nSPS) is 32.8. The Morgan fingerprint density at radius 2 is 1.88 bits per heavy atom. The van der Waals surface area contributed by atoms with Gasteiger partial charge in [0.05, 0.1) is 11.7 Å². The van der Waals surface area contributed by atoms with Crippen molar-refractivity contribution in [3.8, 4) is 0 Å². The molecular weight excluding hydrogens is 196 g/mol. The molecule has 0 aromatic rings. The van der Waals surface area contributed by atoms with Crippen molar-refractivity contribution < 1.29 is 4.74 Å². The molecule has 1 aliphatic rings. The third-order valence-electron chi connectivity index (χ3n) is 4.07. The van der Waals surface area contributed by atoms with Crippen LogP contribution in [0.1, 0.15) is 85.0 Å². The Balaban J connectivity index is 2.59. The molecule has 0 bridgehead atoms. The minimum Gasteiger partial charge on any atom is -0.372 e. The van der Waals surface area contributed by atoms with Gasteiger partial charge < -0.3 is 4.74 Å². The van der Waals surface area contributed by atoms with Gasteiger partial charge in [0.2, 0.25) is 0 Å². The first-order valence-corrected chi connectivity index (χ1v) is 7.40. The highest BCUT2D eigenvalue weighted by Crippen LogP contribution is 2.33. The molecule has 1 fully saturated rings. The first kappa shape index (κ1) is 14.0. The molecule has 96 valence electrons. The van der Waals surface area contributed by atoms with Crippen molar-refractivity contribution in [1.29, 1.82) is 0 Å². The van der Waals surface area contributed by atoms with E-state index >= 15 is 0 Å². The molecule has 1 aliphatic heterocycles. The van der Waals surface area contributed by atoms with Gasteiger partial charge in [-0.3, -0.25) is 0 Å². The van der Waals surface area contributed by atoms with Crippen molar-refractivity contribution in [1.82, 2.24) is 0 Å². The van der Waals surface area contributed by atoms with Gasteiger partial charge in [0.15, 0.2) is 0 Å². The Bertz CT molecular complexity index is 178. The summed E-state index contributed by atoms with van der Waals surface area (Å²) in [6, 6.07) is 0. The summed E-state index contributed by atoms with van der Waals surface area (Å²) in [5, 5.41) is 0. The molecule has 0 aromatic heterocycles. The number of hydrogen-bond acceptors (Lipinski definition) is 1. The Kier molecular flexibility index (Phi) is 6.41. The van der Waals surface area contributed by atoms with Gasteiger partial charge in [0.25, 0.3) is 0 Å². The van der Waals surface area contributed by atoms with Gasteiger partial charge in [-0.2, -0.15) is 0 Å². The summed E-state index contributed by atoms with van der Waals surface area (Å²) in [6.07, 6.45) is 13.6. The standard InChI is InChI=1S/C15H30O/c1-4-6-12-15(5-2)13-10-8-7-9-11-14(3)16-15/h14H,4-13H2,1-3H3. The fraction of sp³-hybridized carbons (Fsp3) is 1.00. The second-order valence-corrected chi connectivity index (χ2v) is 5.52. The Morgan fingerprint density at radius 3 is 2.56 bits per heavy atom. The highest BCUT2D eigenvalue weighted by molar-refractivity contribution is 4.81. The molecule has 1 heterocycles. The van der Waals surface area contributed by atoms with E-state index in [1.165, 1.54) is 64.2 Å². The fourth-order valence-electron chi connectivity index (χ4n) is 2.90. The SMILES string of the molecule is CCCCC1(CC)CCCCCCC(C)O1. The van der Waals surface area contributed by atoms with Gasteiger partial charge in [0, 0.05) is 0 Å². The Hall–Kier alpha value is -0.0400. The summed E-state index contributed by atoms with van der Waals surface area (Å²) in [5.74, 6) is 0. The van der Waals surface area contributed by atoms with Crippen molar-refractivity contribution in [3.05, 3.63) is 0 Å². The molecule has 0 aliphatic carbocycles. The molecular formula is C15H30O. The van der Waals surface area contributed by atoms with Gasteiger partial charge in [-0.1, -0.05) is 52.4 Å². The quantitative estimate of drug-likeness (QED) is 0.649. The molecule has 2 unspecified atom stereocenters. The van der Waals surface area contributed by atoms with Crippen LogP contribution in [0.25, 0.3) is 0 Å². The van der Waals surface area contributed by atoms with Gasteiger partial charge in [-0.25, -0.2) is 0 Å². The van der Waals surface area contributed by atoms with E-state index in [1.807, 2.05) is 0 Å². The lowest BCUT2D eigenvalue weighted by Gasteiger charge is -2.35. The van der Waals surface area contributed by atoms with Crippen LogP contribution in [0.15, 0.2) is 0 Å². The molecule has 0 amide bonds. The van der Waals surface area contributed by atoms with Crippen LogP contribution >= 0.6 is 0 Å². The Labute approximate surface area is 102 Å². The topological polar surface area (TPSA) is 9.23 Å². The molecule has 1 heteroatoms. The molecule has 0 saturated carbocycles. The van der Waals surface area contributed by atoms with E-state index < -0.39 is 0 Å². The van der Waals surface area contributed by atoms with Gasteiger partial charge in [-0.15, -0.1) is 0 Å². The Morgan fingerprint density at radius 1 is 1.12 bits per heavy atom. The average molecular weight is 226 g/mol. The van der Waals surface area contributed by atoms with E-state index in [0.717, 1.165) is 0 Å². The molecule has 0 N–H and O–H groups in total. The van der Waals surface area contributed by atoms with E-state index in [-0.39, 0.29) is 5.60 Å². The maximum absolute atomic E-state index is 6.41. The minimum atomic E-state index is 0.208.